The number of carbonyl (C=O) groups excluding carboxylic acids is 3. The summed E-state index contributed by atoms with van der Waals surface area (Å²) < 4.78 is 29.7. The second-order valence-electron chi connectivity index (χ2n) is 7.08. The first-order valence-corrected chi connectivity index (χ1v) is 10.5. The van der Waals surface area contributed by atoms with Gasteiger partial charge >= 0.3 is 11.8 Å². The summed E-state index contributed by atoms with van der Waals surface area (Å²) in [5, 5.41) is 8.59. The lowest BCUT2D eigenvalue weighted by molar-refractivity contribution is -0.136. The van der Waals surface area contributed by atoms with E-state index in [1.165, 1.54) is 31.5 Å². The molecule has 0 radical (unpaired) electrons. The highest BCUT2D eigenvalue weighted by molar-refractivity contribution is 6.39. The maximum Gasteiger partial charge on any atom is 0.329 e. The number of halogens is 1. The minimum absolute atomic E-state index is 0.141. The van der Waals surface area contributed by atoms with Crippen LogP contribution in [-0.2, 0) is 14.4 Å². The summed E-state index contributed by atoms with van der Waals surface area (Å²) in [6.07, 6.45) is 1.22. The van der Waals surface area contributed by atoms with E-state index in [1.54, 1.807) is 49.6 Å². The van der Waals surface area contributed by atoms with Crippen molar-refractivity contribution < 1.29 is 33.0 Å². The fourth-order valence-corrected chi connectivity index (χ4v) is 2.91. The number of ether oxygens (including phenoxy) is 3. The van der Waals surface area contributed by atoms with Crippen LogP contribution < -0.4 is 30.3 Å². The molecule has 3 aromatic rings. The fraction of sp³-hybridized carbons (Fsp3) is 0.120. The third kappa shape index (κ3) is 7.03. The normalized spacial score (nSPS) is 10.4. The number of nitrogens with zero attached hydrogens (tertiary/aromatic N) is 1. The molecule has 3 N–H and O–H groups in total. The van der Waals surface area contributed by atoms with Gasteiger partial charge in [-0.15, -0.1) is 0 Å². The first kappa shape index (κ1) is 25.7. The molecule has 186 valence electrons. The monoisotopic (exact) mass is 494 g/mol. The number of rotatable bonds is 9. The molecular weight excluding hydrogens is 471 g/mol. The van der Waals surface area contributed by atoms with Gasteiger partial charge in [0.1, 0.15) is 11.6 Å². The summed E-state index contributed by atoms with van der Waals surface area (Å²) in [4.78, 5) is 36.3. The van der Waals surface area contributed by atoms with Gasteiger partial charge in [-0.25, -0.2) is 9.82 Å². The molecule has 3 amide bonds. The minimum Gasteiger partial charge on any atom is -0.497 e. The maximum atomic E-state index is 13.6. The molecule has 0 aromatic heterocycles. The number of anilines is 2. The molecule has 0 fully saturated rings. The highest BCUT2D eigenvalue weighted by Crippen LogP contribution is 2.30. The van der Waals surface area contributed by atoms with E-state index in [2.05, 4.69) is 21.2 Å². The van der Waals surface area contributed by atoms with Crippen LogP contribution in [0.4, 0.5) is 15.8 Å². The van der Waals surface area contributed by atoms with Crippen LogP contribution in [0.2, 0.25) is 0 Å². The van der Waals surface area contributed by atoms with Gasteiger partial charge in [0.25, 0.3) is 5.91 Å². The smallest absolute Gasteiger partial charge is 0.329 e. The van der Waals surface area contributed by atoms with E-state index in [1.807, 2.05) is 0 Å². The number of methoxy groups -OCH3 is 2. The van der Waals surface area contributed by atoms with Crippen LogP contribution in [0.3, 0.4) is 0 Å². The Balaban J connectivity index is 1.61. The van der Waals surface area contributed by atoms with Gasteiger partial charge < -0.3 is 24.8 Å². The number of hydrogen-bond donors (Lipinski definition) is 3. The lowest BCUT2D eigenvalue weighted by Crippen LogP contribution is -2.32. The average Bonchev–Trinajstić information content (AvgIpc) is 2.89. The number of benzene rings is 3. The molecule has 0 heterocycles. The first-order chi connectivity index (χ1) is 17.4. The summed E-state index contributed by atoms with van der Waals surface area (Å²) >= 11 is 0. The Labute approximate surface area is 206 Å². The number of carbonyl (C=O) groups is 3. The van der Waals surface area contributed by atoms with Gasteiger partial charge in [0, 0.05) is 11.3 Å². The Morgan fingerprint density at radius 2 is 1.64 bits per heavy atom. The predicted octanol–water partition coefficient (Wildman–Crippen LogP) is 2.95. The van der Waals surface area contributed by atoms with Crippen molar-refractivity contribution in [2.45, 2.75) is 0 Å². The van der Waals surface area contributed by atoms with Crippen molar-refractivity contribution in [2.24, 2.45) is 5.10 Å². The quantitative estimate of drug-likeness (QED) is 0.239. The van der Waals surface area contributed by atoms with Gasteiger partial charge in [-0.3, -0.25) is 14.4 Å². The zero-order chi connectivity index (χ0) is 25.9. The molecule has 0 spiro atoms. The molecule has 36 heavy (non-hydrogen) atoms. The van der Waals surface area contributed by atoms with E-state index in [9.17, 15) is 18.8 Å². The molecule has 3 aromatic carbocycles. The summed E-state index contributed by atoms with van der Waals surface area (Å²) in [6, 6.07) is 17.1. The molecule has 0 saturated heterocycles. The van der Waals surface area contributed by atoms with Crippen molar-refractivity contribution in [1.82, 2.24) is 5.43 Å². The third-order valence-corrected chi connectivity index (χ3v) is 4.65. The number of amides is 3. The van der Waals surface area contributed by atoms with E-state index in [-0.39, 0.29) is 18.0 Å². The van der Waals surface area contributed by atoms with Crippen molar-refractivity contribution in [3.8, 4) is 17.2 Å². The highest BCUT2D eigenvalue weighted by atomic mass is 19.1. The molecule has 0 unspecified atom stereocenters. The van der Waals surface area contributed by atoms with Crippen LogP contribution >= 0.6 is 0 Å². The number of nitrogens with one attached hydrogen (secondary N) is 3. The fourth-order valence-electron chi connectivity index (χ4n) is 2.91. The lowest BCUT2D eigenvalue weighted by Gasteiger charge is -2.13. The van der Waals surface area contributed by atoms with Crippen molar-refractivity contribution in [2.75, 3.05) is 31.5 Å². The topological polar surface area (TPSA) is 127 Å². The van der Waals surface area contributed by atoms with Crippen molar-refractivity contribution in [1.29, 1.82) is 0 Å². The molecule has 0 atom stereocenters. The van der Waals surface area contributed by atoms with E-state index in [0.29, 0.717) is 22.7 Å². The van der Waals surface area contributed by atoms with Crippen LogP contribution in [0.1, 0.15) is 5.56 Å². The molecular formula is C25H23FN4O6. The number of hydrazone groups is 1. The minimum atomic E-state index is -1.11. The molecule has 11 heteroatoms. The van der Waals surface area contributed by atoms with E-state index in [0.717, 1.165) is 6.07 Å². The van der Waals surface area contributed by atoms with Gasteiger partial charge in [-0.2, -0.15) is 5.10 Å². The second-order valence-corrected chi connectivity index (χ2v) is 7.08. The summed E-state index contributed by atoms with van der Waals surface area (Å²) in [5.74, 6) is -2.16. The Bertz CT molecular complexity index is 1260. The molecule has 10 nitrogen and oxygen atoms in total. The van der Waals surface area contributed by atoms with Crippen molar-refractivity contribution >= 4 is 35.3 Å². The lowest BCUT2D eigenvalue weighted by atomic mass is 10.2. The molecule has 0 aliphatic rings. The Morgan fingerprint density at radius 3 is 2.33 bits per heavy atom. The van der Waals surface area contributed by atoms with Crippen molar-refractivity contribution in [3.05, 3.63) is 78.1 Å². The first-order valence-electron chi connectivity index (χ1n) is 10.5. The molecule has 0 aliphatic heterocycles. The molecule has 0 saturated carbocycles. The number of para-hydroxylation sites is 2. The van der Waals surface area contributed by atoms with Crippen LogP contribution in [0.5, 0.6) is 17.2 Å². The van der Waals surface area contributed by atoms with Gasteiger partial charge in [-0.05, 0) is 48.5 Å². The zero-order valence-corrected chi connectivity index (χ0v) is 19.4. The Morgan fingerprint density at radius 1 is 0.889 bits per heavy atom. The van der Waals surface area contributed by atoms with Gasteiger partial charge in [-0.1, -0.05) is 18.2 Å². The summed E-state index contributed by atoms with van der Waals surface area (Å²) in [7, 11) is 2.97. The summed E-state index contributed by atoms with van der Waals surface area (Å²) in [5.41, 5.74) is 2.83. The van der Waals surface area contributed by atoms with Crippen LogP contribution in [-0.4, -0.2) is 44.8 Å². The van der Waals surface area contributed by atoms with Crippen LogP contribution in [0, 0.1) is 5.82 Å². The highest BCUT2D eigenvalue weighted by Gasteiger charge is 2.16. The molecule has 0 aliphatic carbocycles. The largest absolute Gasteiger partial charge is 0.497 e. The van der Waals surface area contributed by atoms with Crippen LogP contribution in [0.25, 0.3) is 0 Å². The Hall–Kier alpha value is -4.93. The second kappa shape index (κ2) is 12.5. The standard InChI is InChI=1S/C25H23FN4O6/c1-34-18-12-10-17(11-13-18)28-22(31)15-36-23-16(6-5-9-21(23)35-2)14-27-30-25(33)24(32)29-20-8-4-3-7-19(20)26/h3-14H,15H2,1-2H3,(H,28,31)(H,29,32)(H,30,33)/b27-14-. The van der Waals surface area contributed by atoms with Gasteiger partial charge in [0.05, 0.1) is 26.1 Å². The van der Waals surface area contributed by atoms with E-state index < -0.39 is 23.5 Å². The summed E-state index contributed by atoms with van der Waals surface area (Å²) in [6.45, 7) is -0.343. The van der Waals surface area contributed by atoms with Crippen molar-refractivity contribution in [3.63, 3.8) is 0 Å². The third-order valence-electron chi connectivity index (χ3n) is 4.65. The predicted molar refractivity (Wildman–Crippen MR) is 131 cm³/mol. The van der Waals surface area contributed by atoms with E-state index >= 15 is 0 Å². The molecule has 3 rings (SSSR count). The number of hydrogen-bond acceptors (Lipinski definition) is 7. The SMILES string of the molecule is COc1ccc(NC(=O)COc2c(/C=N\NC(=O)C(=O)Nc3ccccc3F)cccc2OC)cc1. The maximum absolute atomic E-state index is 13.6. The van der Waals surface area contributed by atoms with Crippen LogP contribution in [0.15, 0.2) is 71.8 Å². The molecule has 0 bridgehead atoms. The van der Waals surface area contributed by atoms with E-state index in [4.69, 9.17) is 14.2 Å². The Kier molecular flexibility index (Phi) is 8.93. The van der Waals surface area contributed by atoms with Gasteiger partial charge in [0.2, 0.25) is 0 Å². The average molecular weight is 494 g/mol. The zero-order valence-electron chi connectivity index (χ0n) is 19.4. The van der Waals surface area contributed by atoms with Gasteiger partial charge in [0.15, 0.2) is 18.1 Å².